The number of phenolic OH excluding ortho intramolecular Hbond substituents is 1. The summed E-state index contributed by atoms with van der Waals surface area (Å²) in [4.78, 5) is 16.0. The maximum absolute atomic E-state index is 12.0. The van der Waals surface area contributed by atoms with E-state index < -0.39 is 0 Å². The zero-order valence-electron chi connectivity index (χ0n) is 11.7. The maximum atomic E-state index is 12.0. The number of hydrogen-bond acceptors (Lipinski definition) is 3. The Labute approximate surface area is 114 Å². The molecule has 0 atom stereocenters. The molecule has 1 amide bonds. The second-order valence-electron chi connectivity index (χ2n) is 5.45. The molecule has 1 aliphatic heterocycles. The Morgan fingerprint density at radius 1 is 1.21 bits per heavy atom. The fraction of sp³-hybridized carbons (Fsp3) is 0.533. The average molecular weight is 262 g/mol. The highest BCUT2D eigenvalue weighted by atomic mass is 16.3. The highest BCUT2D eigenvalue weighted by molar-refractivity contribution is 5.76. The van der Waals surface area contributed by atoms with E-state index in [0.717, 1.165) is 31.9 Å². The van der Waals surface area contributed by atoms with Gasteiger partial charge in [-0.05, 0) is 18.1 Å². The molecule has 1 heterocycles. The van der Waals surface area contributed by atoms with Crippen molar-refractivity contribution in [3.8, 4) is 5.75 Å². The second-order valence-corrected chi connectivity index (χ2v) is 5.45. The molecule has 0 radical (unpaired) electrons. The van der Waals surface area contributed by atoms with Crippen LogP contribution in [0.1, 0.15) is 20.3 Å². The van der Waals surface area contributed by atoms with Gasteiger partial charge in [-0.3, -0.25) is 4.79 Å². The minimum atomic E-state index is 0.243. The van der Waals surface area contributed by atoms with Crippen molar-refractivity contribution in [3.05, 3.63) is 24.3 Å². The normalized spacial score (nSPS) is 15.9. The van der Waals surface area contributed by atoms with E-state index in [0.29, 0.717) is 18.1 Å². The Bertz CT molecular complexity index is 438. The molecule has 0 saturated carbocycles. The van der Waals surface area contributed by atoms with E-state index >= 15 is 0 Å². The van der Waals surface area contributed by atoms with Crippen LogP contribution in [-0.2, 0) is 4.79 Å². The Morgan fingerprint density at radius 2 is 1.84 bits per heavy atom. The first-order valence-electron chi connectivity index (χ1n) is 6.88. The highest BCUT2D eigenvalue weighted by Gasteiger charge is 2.22. The van der Waals surface area contributed by atoms with Gasteiger partial charge in [-0.2, -0.15) is 0 Å². The summed E-state index contributed by atoms with van der Waals surface area (Å²) in [5.41, 5.74) is 0.860. The van der Waals surface area contributed by atoms with Gasteiger partial charge in [-0.1, -0.05) is 26.0 Å². The van der Waals surface area contributed by atoms with E-state index in [2.05, 4.69) is 18.7 Å². The van der Waals surface area contributed by atoms with E-state index in [9.17, 15) is 9.90 Å². The lowest BCUT2D eigenvalue weighted by Gasteiger charge is -2.36. The fourth-order valence-electron chi connectivity index (χ4n) is 2.41. The third-order valence-electron chi connectivity index (χ3n) is 3.44. The molecule has 19 heavy (non-hydrogen) atoms. The lowest BCUT2D eigenvalue weighted by Crippen LogP contribution is -2.49. The van der Waals surface area contributed by atoms with Crippen LogP contribution in [-0.4, -0.2) is 42.1 Å². The topological polar surface area (TPSA) is 43.8 Å². The Hall–Kier alpha value is -1.71. The highest BCUT2D eigenvalue weighted by Crippen LogP contribution is 2.27. The zero-order valence-corrected chi connectivity index (χ0v) is 11.7. The van der Waals surface area contributed by atoms with Crippen LogP contribution in [0.15, 0.2) is 24.3 Å². The predicted octanol–water partition coefficient (Wildman–Crippen LogP) is 2.09. The molecular weight excluding hydrogens is 240 g/mol. The van der Waals surface area contributed by atoms with Crippen molar-refractivity contribution >= 4 is 11.6 Å². The minimum Gasteiger partial charge on any atom is -0.506 e. The molecule has 1 fully saturated rings. The van der Waals surface area contributed by atoms with E-state index in [4.69, 9.17) is 0 Å². The number of piperazine rings is 1. The van der Waals surface area contributed by atoms with Crippen molar-refractivity contribution in [2.75, 3.05) is 31.1 Å². The van der Waals surface area contributed by atoms with Crippen molar-refractivity contribution in [2.45, 2.75) is 20.3 Å². The molecule has 4 nitrogen and oxygen atoms in total. The molecule has 0 unspecified atom stereocenters. The minimum absolute atomic E-state index is 0.243. The summed E-state index contributed by atoms with van der Waals surface area (Å²) in [6, 6.07) is 7.36. The first-order valence-corrected chi connectivity index (χ1v) is 6.88. The smallest absolute Gasteiger partial charge is 0.222 e. The third kappa shape index (κ3) is 3.40. The number of rotatable bonds is 3. The summed E-state index contributed by atoms with van der Waals surface area (Å²) in [5, 5.41) is 9.83. The van der Waals surface area contributed by atoms with Gasteiger partial charge in [0, 0.05) is 32.6 Å². The first kappa shape index (κ1) is 13.7. The summed E-state index contributed by atoms with van der Waals surface area (Å²) < 4.78 is 0. The maximum Gasteiger partial charge on any atom is 0.222 e. The number of hydrogen-bond donors (Lipinski definition) is 1. The molecule has 2 rings (SSSR count). The Kier molecular flexibility index (Phi) is 4.30. The lowest BCUT2D eigenvalue weighted by atomic mass is 10.1. The Balaban J connectivity index is 1.93. The largest absolute Gasteiger partial charge is 0.506 e. The molecule has 0 bridgehead atoms. The van der Waals surface area contributed by atoms with Crippen LogP contribution in [0.2, 0.25) is 0 Å². The van der Waals surface area contributed by atoms with Crippen LogP contribution in [0.5, 0.6) is 5.75 Å². The van der Waals surface area contributed by atoms with Gasteiger partial charge >= 0.3 is 0 Å². The molecule has 104 valence electrons. The molecular formula is C15H22N2O2. The van der Waals surface area contributed by atoms with E-state index in [1.165, 1.54) is 0 Å². The van der Waals surface area contributed by atoms with Gasteiger partial charge in [0.25, 0.3) is 0 Å². The van der Waals surface area contributed by atoms with Gasteiger partial charge in [0.1, 0.15) is 5.75 Å². The Morgan fingerprint density at radius 3 is 2.42 bits per heavy atom. The van der Waals surface area contributed by atoms with Crippen LogP contribution < -0.4 is 4.90 Å². The molecule has 0 aromatic heterocycles. The van der Waals surface area contributed by atoms with Crippen LogP contribution in [0.4, 0.5) is 5.69 Å². The summed E-state index contributed by atoms with van der Waals surface area (Å²) in [5.74, 6) is 0.958. The van der Waals surface area contributed by atoms with Crippen molar-refractivity contribution in [1.29, 1.82) is 0 Å². The quantitative estimate of drug-likeness (QED) is 0.907. The summed E-state index contributed by atoms with van der Waals surface area (Å²) in [6.45, 7) is 7.16. The SMILES string of the molecule is CC(C)CC(=O)N1CCN(c2ccccc2O)CC1. The van der Waals surface area contributed by atoms with E-state index in [1.54, 1.807) is 6.07 Å². The second kappa shape index (κ2) is 5.95. The van der Waals surface area contributed by atoms with Crippen molar-refractivity contribution < 1.29 is 9.90 Å². The van der Waals surface area contributed by atoms with Gasteiger partial charge in [-0.15, -0.1) is 0 Å². The number of phenols is 1. The fourth-order valence-corrected chi connectivity index (χ4v) is 2.41. The number of aromatic hydroxyl groups is 1. The van der Waals surface area contributed by atoms with Crippen molar-refractivity contribution in [3.63, 3.8) is 0 Å². The van der Waals surface area contributed by atoms with E-state index in [-0.39, 0.29) is 5.91 Å². The van der Waals surface area contributed by atoms with Crippen LogP contribution in [0.25, 0.3) is 0 Å². The van der Waals surface area contributed by atoms with Gasteiger partial charge in [0.2, 0.25) is 5.91 Å². The molecule has 0 aliphatic carbocycles. The van der Waals surface area contributed by atoms with Gasteiger partial charge in [0.15, 0.2) is 0 Å². The standard InChI is InChI=1S/C15H22N2O2/c1-12(2)11-15(19)17-9-7-16(8-10-17)13-5-3-4-6-14(13)18/h3-6,12,18H,7-11H2,1-2H3. The number of carbonyl (C=O) groups is 1. The molecule has 1 aromatic rings. The number of carbonyl (C=O) groups excluding carboxylic acids is 1. The summed E-state index contributed by atoms with van der Waals surface area (Å²) in [6.07, 6.45) is 0.622. The van der Waals surface area contributed by atoms with Crippen LogP contribution in [0, 0.1) is 5.92 Å². The predicted molar refractivity (Wildman–Crippen MR) is 76.4 cm³/mol. The number of nitrogens with zero attached hydrogens (tertiary/aromatic N) is 2. The molecule has 1 saturated heterocycles. The lowest BCUT2D eigenvalue weighted by molar-refractivity contribution is -0.132. The first-order chi connectivity index (χ1) is 9.08. The van der Waals surface area contributed by atoms with Gasteiger partial charge in [-0.25, -0.2) is 0 Å². The molecule has 0 spiro atoms. The number of anilines is 1. The molecule has 1 aromatic carbocycles. The van der Waals surface area contributed by atoms with Crippen LogP contribution >= 0.6 is 0 Å². The van der Waals surface area contributed by atoms with Crippen LogP contribution in [0.3, 0.4) is 0 Å². The van der Waals surface area contributed by atoms with Gasteiger partial charge < -0.3 is 14.9 Å². The van der Waals surface area contributed by atoms with Crippen molar-refractivity contribution in [2.24, 2.45) is 5.92 Å². The number of para-hydroxylation sites is 2. The third-order valence-corrected chi connectivity index (χ3v) is 3.44. The van der Waals surface area contributed by atoms with Crippen molar-refractivity contribution in [1.82, 2.24) is 4.90 Å². The van der Waals surface area contributed by atoms with E-state index in [1.807, 2.05) is 23.1 Å². The molecule has 4 heteroatoms. The monoisotopic (exact) mass is 262 g/mol. The number of benzene rings is 1. The zero-order chi connectivity index (χ0) is 13.8. The summed E-state index contributed by atoms with van der Waals surface area (Å²) >= 11 is 0. The molecule has 1 N–H and O–H groups in total. The average Bonchev–Trinajstić information content (AvgIpc) is 2.39. The number of amides is 1. The summed E-state index contributed by atoms with van der Waals surface area (Å²) in [7, 11) is 0. The van der Waals surface area contributed by atoms with Gasteiger partial charge in [0.05, 0.1) is 5.69 Å². The molecule has 1 aliphatic rings.